The third-order valence-electron chi connectivity index (χ3n) is 2.93. The zero-order valence-electron chi connectivity index (χ0n) is 12.0. The summed E-state index contributed by atoms with van der Waals surface area (Å²) in [5, 5.41) is 13.0. The van der Waals surface area contributed by atoms with E-state index in [2.05, 4.69) is 54.2 Å². The highest BCUT2D eigenvalue weighted by Crippen LogP contribution is 2.24. The molecule has 0 bridgehead atoms. The molecule has 2 N–H and O–H groups in total. The molecule has 0 fully saturated rings. The van der Waals surface area contributed by atoms with Gasteiger partial charge < -0.3 is 15.2 Å². The van der Waals surface area contributed by atoms with E-state index in [1.165, 1.54) is 11.1 Å². The van der Waals surface area contributed by atoms with Crippen molar-refractivity contribution in [2.45, 2.75) is 39.7 Å². The minimum atomic E-state index is -0.471. The smallest absolute Gasteiger partial charge is 0.0945 e. The van der Waals surface area contributed by atoms with Crippen LogP contribution in [0, 0.1) is 13.8 Å². The summed E-state index contributed by atoms with van der Waals surface area (Å²) in [6, 6.07) is 4.14. The predicted molar refractivity (Wildman–Crippen MR) is 83.8 cm³/mol. The van der Waals surface area contributed by atoms with Gasteiger partial charge in [-0.1, -0.05) is 29.3 Å². The van der Waals surface area contributed by atoms with E-state index in [4.69, 9.17) is 4.74 Å². The van der Waals surface area contributed by atoms with E-state index in [1.807, 2.05) is 0 Å². The molecule has 0 aliphatic carbocycles. The first-order valence-corrected chi connectivity index (χ1v) is 7.60. The summed E-state index contributed by atoms with van der Waals surface area (Å²) in [6.45, 7) is 7.87. The number of ether oxygens (including phenoxy) is 1. The largest absolute Gasteiger partial charge is 0.389 e. The highest BCUT2D eigenvalue weighted by atomic mass is 79.9. The van der Waals surface area contributed by atoms with Gasteiger partial charge in [0.05, 0.1) is 12.7 Å². The molecular weight excluding hydrogens is 306 g/mol. The first kappa shape index (κ1) is 16.5. The summed E-state index contributed by atoms with van der Waals surface area (Å²) >= 11 is 3.55. The lowest BCUT2D eigenvalue weighted by Gasteiger charge is -2.14. The first-order chi connectivity index (χ1) is 9.04. The molecule has 0 amide bonds. The van der Waals surface area contributed by atoms with E-state index >= 15 is 0 Å². The van der Waals surface area contributed by atoms with Crippen LogP contribution in [-0.4, -0.2) is 31.0 Å². The summed E-state index contributed by atoms with van der Waals surface area (Å²) < 4.78 is 6.53. The number of aryl methyl sites for hydroxylation is 2. The van der Waals surface area contributed by atoms with Crippen LogP contribution in [-0.2, 0) is 4.74 Å². The zero-order valence-corrected chi connectivity index (χ0v) is 13.6. The van der Waals surface area contributed by atoms with Crippen LogP contribution in [0.4, 0.5) is 5.69 Å². The van der Waals surface area contributed by atoms with Gasteiger partial charge in [0.1, 0.15) is 0 Å². The predicted octanol–water partition coefficient (Wildman–Crippen LogP) is 3.66. The minimum Gasteiger partial charge on any atom is -0.389 e. The number of aliphatic hydroxyl groups excluding tert-OH is 1. The van der Waals surface area contributed by atoms with Gasteiger partial charge in [0, 0.05) is 23.3 Å². The van der Waals surface area contributed by atoms with Crippen molar-refractivity contribution in [1.29, 1.82) is 0 Å². The van der Waals surface area contributed by atoms with Crippen molar-refractivity contribution in [2.75, 3.05) is 25.1 Å². The highest BCUT2D eigenvalue weighted by Gasteiger charge is 2.06. The fourth-order valence-electron chi connectivity index (χ4n) is 1.81. The molecule has 108 valence electrons. The van der Waals surface area contributed by atoms with Crippen molar-refractivity contribution in [3.8, 4) is 0 Å². The molecule has 1 aromatic rings. The molecule has 1 atom stereocenters. The third kappa shape index (κ3) is 5.93. The normalized spacial score (nSPS) is 12.5. The van der Waals surface area contributed by atoms with Gasteiger partial charge in [0.15, 0.2) is 0 Å². The average molecular weight is 330 g/mol. The summed E-state index contributed by atoms with van der Waals surface area (Å²) in [7, 11) is 0. The molecule has 0 spiro atoms. The molecule has 0 aliphatic heterocycles. The maximum Gasteiger partial charge on any atom is 0.0945 e. The van der Waals surface area contributed by atoms with Crippen molar-refractivity contribution < 1.29 is 9.84 Å². The molecule has 0 heterocycles. The molecule has 4 heteroatoms. The number of rotatable bonds is 8. The topological polar surface area (TPSA) is 41.5 Å². The molecule has 1 unspecified atom stereocenters. The second kappa shape index (κ2) is 8.56. The van der Waals surface area contributed by atoms with E-state index in [9.17, 15) is 5.11 Å². The molecule has 0 aromatic heterocycles. The van der Waals surface area contributed by atoms with Crippen LogP contribution < -0.4 is 5.32 Å². The average Bonchev–Trinajstić information content (AvgIpc) is 2.38. The number of benzene rings is 1. The SMILES string of the molecule is CCCCOCC(O)CNc1cc(C)c(Br)c(C)c1. The standard InChI is InChI=1S/C15H24BrNO2/c1-4-5-6-19-10-14(18)9-17-13-7-11(2)15(16)12(3)8-13/h7-8,14,17-18H,4-6,9-10H2,1-3H3. The Labute approximate surface area is 124 Å². The van der Waals surface area contributed by atoms with E-state index in [-0.39, 0.29) is 0 Å². The Balaban J connectivity index is 2.36. The van der Waals surface area contributed by atoms with Crippen molar-refractivity contribution in [3.63, 3.8) is 0 Å². The van der Waals surface area contributed by atoms with Crippen molar-refractivity contribution in [2.24, 2.45) is 0 Å². The van der Waals surface area contributed by atoms with Crippen LogP contribution in [0.1, 0.15) is 30.9 Å². The number of halogens is 1. The number of unbranched alkanes of at least 4 members (excludes halogenated alkanes) is 1. The minimum absolute atomic E-state index is 0.390. The summed E-state index contributed by atoms with van der Waals surface area (Å²) in [4.78, 5) is 0. The van der Waals surface area contributed by atoms with Gasteiger partial charge in [0.2, 0.25) is 0 Å². The Morgan fingerprint density at radius 1 is 1.32 bits per heavy atom. The first-order valence-electron chi connectivity index (χ1n) is 6.81. The molecule has 1 rings (SSSR count). The summed E-state index contributed by atoms with van der Waals surface area (Å²) in [5.74, 6) is 0. The number of anilines is 1. The second-order valence-electron chi connectivity index (χ2n) is 4.89. The maximum atomic E-state index is 9.81. The zero-order chi connectivity index (χ0) is 14.3. The molecule has 0 aliphatic rings. The van der Waals surface area contributed by atoms with E-state index in [0.717, 1.165) is 29.6 Å². The Morgan fingerprint density at radius 2 is 1.95 bits per heavy atom. The van der Waals surface area contributed by atoms with Crippen LogP contribution in [0.3, 0.4) is 0 Å². The lowest BCUT2D eigenvalue weighted by molar-refractivity contribution is 0.0422. The van der Waals surface area contributed by atoms with E-state index < -0.39 is 6.10 Å². The molecule has 1 aromatic carbocycles. The number of aliphatic hydroxyl groups is 1. The fourth-order valence-corrected chi connectivity index (χ4v) is 2.04. The quantitative estimate of drug-likeness (QED) is 0.715. The Hall–Kier alpha value is -0.580. The lowest BCUT2D eigenvalue weighted by Crippen LogP contribution is -2.25. The fraction of sp³-hybridized carbons (Fsp3) is 0.600. The van der Waals surface area contributed by atoms with Crippen molar-refractivity contribution in [1.82, 2.24) is 0 Å². The van der Waals surface area contributed by atoms with Gasteiger partial charge in [-0.3, -0.25) is 0 Å². The van der Waals surface area contributed by atoms with Gasteiger partial charge in [0.25, 0.3) is 0 Å². The summed E-state index contributed by atoms with van der Waals surface area (Å²) in [6.07, 6.45) is 1.69. The van der Waals surface area contributed by atoms with Gasteiger partial charge in [-0.05, 0) is 43.5 Å². The van der Waals surface area contributed by atoms with Crippen LogP contribution in [0.25, 0.3) is 0 Å². The van der Waals surface area contributed by atoms with Crippen LogP contribution >= 0.6 is 15.9 Å². The van der Waals surface area contributed by atoms with Crippen molar-refractivity contribution >= 4 is 21.6 Å². The van der Waals surface area contributed by atoms with Gasteiger partial charge >= 0.3 is 0 Å². The highest BCUT2D eigenvalue weighted by molar-refractivity contribution is 9.10. The molecular formula is C15H24BrNO2. The number of hydrogen-bond donors (Lipinski definition) is 2. The number of hydrogen-bond acceptors (Lipinski definition) is 3. The lowest BCUT2D eigenvalue weighted by atomic mass is 10.1. The van der Waals surface area contributed by atoms with Crippen molar-refractivity contribution in [3.05, 3.63) is 27.7 Å². The maximum absolute atomic E-state index is 9.81. The summed E-state index contributed by atoms with van der Waals surface area (Å²) in [5.41, 5.74) is 3.41. The molecule has 3 nitrogen and oxygen atoms in total. The molecule has 0 saturated carbocycles. The Morgan fingerprint density at radius 3 is 2.53 bits per heavy atom. The van der Waals surface area contributed by atoms with E-state index in [0.29, 0.717) is 13.2 Å². The van der Waals surface area contributed by atoms with Crippen LogP contribution in [0.5, 0.6) is 0 Å². The van der Waals surface area contributed by atoms with Crippen LogP contribution in [0.2, 0.25) is 0 Å². The Bertz CT molecular complexity index is 373. The Kier molecular flexibility index (Phi) is 7.42. The number of nitrogens with one attached hydrogen (secondary N) is 1. The van der Waals surface area contributed by atoms with Gasteiger partial charge in [-0.15, -0.1) is 0 Å². The van der Waals surface area contributed by atoms with Gasteiger partial charge in [-0.25, -0.2) is 0 Å². The second-order valence-corrected chi connectivity index (χ2v) is 5.68. The molecule has 0 radical (unpaired) electrons. The van der Waals surface area contributed by atoms with E-state index in [1.54, 1.807) is 0 Å². The van der Waals surface area contributed by atoms with Gasteiger partial charge in [-0.2, -0.15) is 0 Å². The van der Waals surface area contributed by atoms with Crippen LogP contribution in [0.15, 0.2) is 16.6 Å². The monoisotopic (exact) mass is 329 g/mol. The molecule has 19 heavy (non-hydrogen) atoms. The molecule has 0 saturated heterocycles. The third-order valence-corrected chi connectivity index (χ3v) is 4.18.